The minimum atomic E-state index is -0.221. The van der Waals surface area contributed by atoms with Gasteiger partial charge in [0.15, 0.2) is 6.61 Å². The predicted molar refractivity (Wildman–Crippen MR) is 101 cm³/mol. The van der Waals surface area contributed by atoms with E-state index in [1.807, 2.05) is 56.3 Å². The largest absolute Gasteiger partial charge is 0.489 e. The Kier molecular flexibility index (Phi) is 6.07. The number of benzene rings is 2. The first-order chi connectivity index (χ1) is 11.8. The van der Waals surface area contributed by atoms with Crippen LogP contribution in [0.25, 0.3) is 0 Å². The minimum absolute atomic E-state index is 0.0365. The number of ether oxygens (including phenoxy) is 2. The highest BCUT2D eigenvalue weighted by atomic mass is 16.5. The van der Waals surface area contributed by atoms with E-state index < -0.39 is 0 Å². The summed E-state index contributed by atoms with van der Waals surface area (Å²) in [4.78, 5) is 12.2. The Morgan fingerprint density at radius 1 is 1.08 bits per heavy atom. The van der Waals surface area contributed by atoms with Crippen molar-refractivity contribution in [3.8, 4) is 11.5 Å². The summed E-state index contributed by atoms with van der Waals surface area (Å²) in [6.07, 6.45) is 0.0365. The normalized spacial score (nSPS) is 11.3. The van der Waals surface area contributed by atoms with Crippen LogP contribution < -0.4 is 14.8 Å². The SMILES string of the molecule is CC(C)Oc1ccccc1NC(=O)COc1cccc(C(C)(C)C)c1. The first kappa shape index (κ1) is 18.8. The van der Waals surface area contributed by atoms with Crippen molar-refractivity contribution in [2.75, 3.05) is 11.9 Å². The van der Waals surface area contributed by atoms with E-state index in [0.717, 1.165) is 0 Å². The third-order valence-electron chi connectivity index (χ3n) is 3.59. The molecule has 0 radical (unpaired) electrons. The Bertz CT molecular complexity index is 717. The van der Waals surface area contributed by atoms with Crippen molar-refractivity contribution in [1.82, 2.24) is 0 Å². The van der Waals surface area contributed by atoms with E-state index >= 15 is 0 Å². The Morgan fingerprint density at radius 3 is 2.48 bits per heavy atom. The topological polar surface area (TPSA) is 47.6 Å². The number of anilines is 1. The molecule has 0 spiro atoms. The number of para-hydroxylation sites is 2. The molecule has 0 fully saturated rings. The van der Waals surface area contributed by atoms with Gasteiger partial charge in [-0.25, -0.2) is 0 Å². The van der Waals surface area contributed by atoms with Crippen LogP contribution in [-0.4, -0.2) is 18.6 Å². The molecular formula is C21H27NO3. The van der Waals surface area contributed by atoms with Gasteiger partial charge in [-0.3, -0.25) is 4.79 Å². The standard InChI is InChI=1S/C21H27NO3/c1-15(2)25-19-12-7-6-11-18(19)22-20(23)14-24-17-10-8-9-16(13-17)21(3,4)5/h6-13,15H,14H2,1-5H3,(H,22,23). The summed E-state index contributed by atoms with van der Waals surface area (Å²) in [6, 6.07) is 15.2. The molecule has 134 valence electrons. The first-order valence-corrected chi connectivity index (χ1v) is 8.54. The Labute approximate surface area is 150 Å². The van der Waals surface area contributed by atoms with Crippen LogP contribution in [0.4, 0.5) is 5.69 Å². The average Bonchev–Trinajstić information content (AvgIpc) is 2.54. The van der Waals surface area contributed by atoms with Gasteiger partial charge in [0.1, 0.15) is 11.5 Å². The van der Waals surface area contributed by atoms with E-state index in [9.17, 15) is 4.79 Å². The second kappa shape index (κ2) is 8.06. The molecule has 1 amide bonds. The zero-order chi connectivity index (χ0) is 18.4. The third-order valence-corrected chi connectivity index (χ3v) is 3.59. The van der Waals surface area contributed by atoms with E-state index in [0.29, 0.717) is 17.2 Å². The maximum atomic E-state index is 12.2. The fraction of sp³-hybridized carbons (Fsp3) is 0.381. The van der Waals surface area contributed by atoms with Crippen LogP contribution in [0.2, 0.25) is 0 Å². The van der Waals surface area contributed by atoms with Gasteiger partial charge < -0.3 is 14.8 Å². The quantitative estimate of drug-likeness (QED) is 0.822. The number of hydrogen-bond donors (Lipinski definition) is 1. The Balaban J connectivity index is 1.98. The molecular weight excluding hydrogens is 314 g/mol. The smallest absolute Gasteiger partial charge is 0.262 e. The lowest BCUT2D eigenvalue weighted by molar-refractivity contribution is -0.118. The Hall–Kier alpha value is -2.49. The maximum Gasteiger partial charge on any atom is 0.262 e. The number of amides is 1. The van der Waals surface area contributed by atoms with E-state index in [-0.39, 0.29) is 24.0 Å². The van der Waals surface area contributed by atoms with Gasteiger partial charge in [-0.05, 0) is 49.1 Å². The molecule has 0 unspecified atom stereocenters. The van der Waals surface area contributed by atoms with E-state index in [4.69, 9.17) is 9.47 Å². The monoisotopic (exact) mass is 341 g/mol. The van der Waals surface area contributed by atoms with Gasteiger partial charge in [-0.1, -0.05) is 45.0 Å². The van der Waals surface area contributed by atoms with Crippen molar-refractivity contribution >= 4 is 11.6 Å². The van der Waals surface area contributed by atoms with Crippen molar-refractivity contribution in [3.63, 3.8) is 0 Å². The molecule has 0 aliphatic carbocycles. The van der Waals surface area contributed by atoms with Gasteiger partial charge in [0.2, 0.25) is 0 Å². The number of nitrogens with one attached hydrogen (secondary N) is 1. The Morgan fingerprint density at radius 2 is 1.80 bits per heavy atom. The molecule has 0 bridgehead atoms. The van der Waals surface area contributed by atoms with Crippen LogP contribution in [0, 0.1) is 0 Å². The number of hydrogen-bond acceptors (Lipinski definition) is 3. The van der Waals surface area contributed by atoms with Crippen molar-refractivity contribution in [2.24, 2.45) is 0 Å². The predicted octanol–water partition coefficient (Wildman–Crippen LogP) is 4.79. The van der Waals surface area contributed by atoms with Gasteiger partial charge in [-0.2, -0.15) is 0 Å². The summed E-state index contributed by atoms with van der Waals surface area (Å²) in [5.74, 6) is 1.12. The van der Waals surface area contributed by atoms with Gasteiger partial charge in [0, 0.05) is 0 Å². The summed E-state index contributed by atoms with van der Waals surface area (Å²) in [5, 5.41) is 2.84. The lowest BCUT2D eigenvalue weighted by atomic mass is 9.87. The summed E-state index contributed by atoms with van der Waals surface area (Å²) in [5.41, 5.74) is 1.85. The molecule has 0 saturated carbocycles. The van der Waals surface area contributed by atoms with E-state index in [1.165, 1.54) is 5.56 Å². The number of carbonyl (C=O) groups is 1. The van der Waals surface area contributed by atoms with Crippen molar-refractivity contribution in [2.45, 2.75) is 46.1 Å². The van der Waals surface area contributed by atoms with Crippen LogP contribution >= 0.6 is 0 Å². The van der Waals surface area contributed by atoms with Crippen molar-refractivity contribution in [3.05, 3.63) is 54.1 Å². The van der Waals surface area contributed by atoms with Gasteiger partial charge in [-0.15, -0.1) is 0 Å². The molecule has 0 atom stereocenters. The molecule has 0 saturated heterocycles. The average molecular weight is 341 g/mol. The molecule has 0 aromatic heterocycles. The molecule has 2 aromatic carbocycles. The highest BCUT2D eigenvalue weighted by Crippen LogP contribution is 2.26. The van der Waals surface area contributed by atoms with Crippen LogP contribution in [0.1, 0.15) is 40.2 Å². The van der Waals surface area contributed by atoms with Crippen molar-refractivity contribution in [1.29, 1.82) is 0 Å². The molecule has 2 aromatic rings. The maximum absolute atomic E-state index is 12.2. The summed E-state index contributed by atoms with van der Waals surface area (Å²) < 4.78 is 11.4. The fourth-order valence-electron chi connectivity index (χ4n) is 2.31. The second-order valence-electron chi connectivity index (χ2n) is 7.28. The number of rotatable bonds is 6. The molecule has 4 nitrogen and oxygen atoms in total. The van der Waals surface area contributed by atoms with Gasteiger partial charge in [0.05, 0.1) is 11.8 Å². The minimum Gasteiger partial charge on any atom is -0.489 e. The van der Waals surface area contributed by atoms with Crippen LogP contribution in [0.5, 0.6) is 11.5 Å². The third kappa shape index (κ3) is 5.82. The van der Waals surface area contributed by atoms with E-state index in [2.05, 4.69) is 32.2 Å². The van der Waals surface area contributed by atoms with Crippen LogP contribution in [-0.2, 0) is 10.2 Å². The summed E-state index contributed by atoms with van der Waals surface area (Å²) in [7, 11) is 0. The lowest BCUT2D eigenvalue weighted by Gasteiger charge is -2.19. The molecule has 2 rings (SSSR count). The molecule has 1 N–H and O–H groups in total. The molecule has 25 heavy (non-hydrogen) atoms. The van der Waals surface area contributed by atoms with Crippen LogP contribution in [0.15, 0.2) is 48.5 Å². The highest BCUT2D eigenvalue weighted by Gasteiger charge is 2.14. The molecule has 0 aliphatic rings. The van der Waals surface area contributed by atoms with Crippen LogP contribution in [0.3, 0.4) is 0 Å². The fourth-order valence-corrected chi connectivity index (χ4v) is 2.31. The zero-order valence-corrected chi connectivity index (χ0v) is 15.6. The summed E-state index contributed by atoms with van der Waals surface area (Å²) >= 11 is 0. The second-order valence-corrected chi connectivity index (χ2v) is 7.28. The molecule has 4 heteroatoms. The highest BCUT2D eigenvalue weighted by molar-refractivity contribution is 5.93. The lowest BCUT2D eigenvalue weighted by Crippen LogP contribution is -2.21. The van der Waals surface area contributed by atoms with Gasteiger partial charge >= 0.3 is 0 Å². The molecule has 0 aliphatic heterocycles. The van der Waals surface area contributed by atoms with Gasteiger partial charge in [0.25, 0.3) is 5.91 Å². The van der Waals surface area contributed by atoms with E-state index in [1.54, 1.807) is 0 Å². The van der Waals surface area contributed by atoms with Crippen molar-refractivity contribution < 1.29 is 14.3 Å². The number of carbonyl (C=O) groups excluding carboxylic acids is 1. The summed E-state index contributed by atoms with van der Waals surface area (Å²) in [6.45, 7) is 10.3. The first-order valence-electron chi connectivity index (χ1n) is 8.54. The molecule has 0 heterocycles. The zero-order valence-electron chi connectivity index (χ0n) is 15.6.